The van der Waals surface area contributed by atoms with Gasteiger partial charge in [0, 0.05) is 31.2 Å². The summed E-state index contributed by atoms with van der Waals surface area (Å²) in [4.78, 5) is 0.522. The first-order valence-corrected chi connectivity index (χ1v) is 11.3. The summed E-state index contributed by atoms with van der Waals surface area (Å²) < 4.78 is 127. The van der Waals surface area contributed by atoms with Gasteiger partial charge in [-0.2, -0.15) is 51.6 Å². The second-order valence-corrected chi connectivity index (χ2v) is 8.90. The van der Waals surface area contributed by atoms with Gasteiger partial charge >= 0.3 is 18.5 Å². The third kappa shape index (κ3) is 5.59. The fourth-order valence-corrected chi connectivity index (χ4v) is 4.56. The van der Waals surface area contributed by atoms with Crippen LogP contribution in [0.1, 0.15) is 16.7 Å². The van der Waals surface area contributed by atoms with Gasteiger partial charge in [-0.05, 0) is 34.4 Å². The Morgan fingerprint density at radius 2 is 1.26 bits per heavy atom. The number of aromatic nitrogens is 2. The van der Waals surface area contributed by atoms with E-state index in [1.807, 2.05) is 0 Å². The van der Waals surface area contributed by atoms with Crippen molar-refractivity contribution in [2.45, 2.75) is 18.5 Å². The predicted molar refractivity (Wildman–Crippen MR) is 121 cm³/mol. The Bertz CT molecular complexity index is 1660. The van der Waals surface area contributed by atoms with Crippen molar-refractivity contribution in [2.24, 2.45) is 0 Å². The smallest absolute Gasteiger partial charge is 0.420 e. The van der Waals surface area contributed by atoms with Gasteiger partial charge in [0.25, 0.3) is 0 Å². The number of thiophene rings is 1. The maximum atomic E-state index is 13.8. The Balaban J connectivity index is 0.00000353. The molecule has 0 saturated heterocycles. The van der Waals surface area contributed by atoms with E-state index in [9.17, 15) is 39.5 Å². The first-order valence-electron chi connectivity index (χ1n) is 10.5. The number of fused-ring (bicyclic) bond motifs is 2. The average Bonchev–Trinajstić information content (AvgIpc) is 3.35. The molecule has 0 aliphatic heterocycles. The van der Waals surface area contributed by atoms with Gasteiger partial charge in [-0.25, -0.2) is 16.4 Å². The summed E-state index contributed by atoms with van der Waals surface area (Å²) in [6, 6.07) is 13.6. The number of hydrogen-bond donors (Lipinski definition) is 0. The first-order chi connectivity index (χ1) is 17.7. The van der Waals surface area contributed by atoms with Gasteiger partial charge in [-0.15, -0.1) is 10.5 Å². The summed E-state index contributed by atoms with van der Waals surface area (Å²) >= 11 is 1.24. The molecule has 5 rings (SSSR count). The average molecular weight is 750 g/mol. The van der Waals surface area contributed by atoms with Crippen molar-refractivity contribution in [3.8, 4) is 22.2 Å². The number of hydrogen-bond acceptors (Lipinski definition) is 4. The van der Waals surface area contributed by atoms with E-state index in [1.165, 1.54) is 17.4 Å². The fraction of sp³-hybridized carbons (Fsp3) is 0.120. The van der Waals surface area contributed by atoms with Crippen LogP contribution in [0.25, 0.3) is 32.1 Å². The maximum Gasteiger partial charge on any atom is 0.420 e. The molecule has 14 heteroatoms. The van der Waals surface area contributed by atoms with E-state index in [0.29, 0.717) is 21.0 Å². The van der Waals surface area contributed by atoms with Crippen molar-refractivity contribution in [1.82, 2.24) is 10.2 Å². The molecule has 2 heterocycles. The van der Waals surface area contributed by atoms with E-state index in [-0.39, 0.29) is 37.3 Å². The quantitative estimate of drug-likeness (QED) is 0.105. The standard InChI is InChI=1S/C25H10F9N2OS.Ir/c26-23(27,28)16-10-18(25(32,33)34)19(11-17(16)24(29,30)31)37-22-15-9-13-5-2-1-4-12(13)8-14(15)21(35-36-22)20-6-3-7-38-20;/h1-5,7-11H;/q-1;. The van der Waals surface area contributed by atoms with Crippen molar-refractivity contribution in [3.05, 3.63) is 82.7 Å². The molecule has 39 heavy (non-hydrogen) atoms. The van der Waals surface area contributed by atoms with Crippen molar-refractivity contribution in [3.63, 3.8) is 0 Å². The minimum Gasteiger partial charge on any atom is -0.436 e. The zero-order valence-electron chi connectivity index (χ0n) is 18.7. The fourth-order valence-electron chi connectivity index (χ4n) is 3.89. The van der Waals surface area contributed by atoms with Gasteiger partial charge in [0.15, 0.2) is 0 Å². The Morgan fingerprint density at radius 1 is 0.692 bits per heavy atom. The summed E-state index contributed by atoms with van der Waals surface area (Å²) in [7, 11) is 0. The van der Waals surface area contributed by atoms with E-state index in [0.717, 1.165) is 0 Å². The molecule has 2 aromatic heterocycles. The topological polar surface area (TPSA) is 35.0 Å². The molecule has 3 nitrogen and oxygen atoms in total. The Hall–Kier alpha value is -3.22. The molecule has 0 aliphatic carbocycles. The largest absolute Gasteiger partial charge is 0.436 e. The summed E-state index contributed by atoms with van der Waals surface area (Å²) in [5.41, 5.74) is -6.59. The van der Waals surface area contributed by atoms with Crippen molar-refractivity contribution >= 4 is 32.9 Å². The molecule has 0 amide bonds. The number of halogens is 9. The van der Waals surface area contributed by atoms with Crippen LogP contribution in [0.15, 0.2) is 60.0 Å². The third-order valence-electron chi connectivity index (χ3n) is 5.54. The summed E-state index contributed by atoms with van der Waals surface area (Å²) in [5.74, 6) is -2.12. The van der Waals surface area contributed by atoms with E-state index >= 15 is 0 Å². The number of alkyl halides is 9. The van der Waals surface area contributed by atoms with E-state index in [1.54, 1.807) is 41.8 Å². The molecule has 1 radical (unpaired) electrons. The molecule has 0 bridgehead atoms. The van der Waals surface area contributed by atoms with Gasteiger partial charge in [0.1, 0.15) is 5.75 Å². The second kappa shape index (κ2) is 10.1. The van der Waals surface area contributed by atoms with Gasteiger partial charge in [0.05, 0.1) is 16.7 Å². The monoisotopic (exact) mass is 750 g/mol. The number of rotatable bonds is 3. The predicted octanol–water partition coefficient (Wildman–Crippen LogP) is 9.16. The summed E-state index contributed by atoms with van der Waals surface area (Å²) in [6.07, 6.45) is -16.8. The third-order valence-corrected chi connectivity index (χ3v) is 6.36. The maximum absolute atomic E-state index is 13.8. The molecule has 0 unspecified atom stereocenters. The van der Waals surface area contributed by atoms with E-state index in [4.69, 9.17) is 4.74 Å². The van der Waals surface area contributed by atoms with E-state index in [2.05, 4.69) is 16.3 Å². The molecule has 205 valence electrons. The molecular weight excluding hydrogens is 740 g/mol. The number of benzene rings is 3. The van der Waals surface area contributed by atoms with Crippen molar-refractivity contribution in [2.75, 3.05) is 0 Å². The van der Waals surface area contributed by atoms with Crippen LogP contribution in [0, 0.1) is 6.07 Å². The number of ether oxygens (including phenoxy) is 1. The molecule has 0 saturated carbocycles. The molecule has 0 N–H and O–H groups in total. The molecule has 5 aromatic rings. The van der Waals surface area contributed by atoms with Crippen LogP contribution in [0.3, 0.4) is 0 Å². The van der Waals surface area contributed by atoms with Crippen LogP contribution in [0.5, 0.6) is 11.6 Å². The molecule has 0 aliphatic rings. The number of nitrogens with zero attached hydrogens (tertiary/aromatic N) is 2. The molecule has 0 atom stereocenters. The molecule has 3 aromatic carbocycles. The first kappa shape index (κ1) is 28.8. The van der Waals surface area contributed by atoms with Crippen molar-refractivity contribution in [1.29, 1.82) is 0 Å². The summed E-state index contributed by atoms with van der Waals surface area (Å²) in [5, 5.41) is 11.2. The van der Waals surface area contributed by atoms with Crippen LogP contribution in [-0.4, -0.2) is 10.2 Å². The Kier molecular flexibility index (Phi) is 7.43. The Labute approximate surface area is 230 Å². The zero-order chi connectivity index (χ0) is 27.5. The van der Waals surface area contributed by atoms with E-state index < -0.39 is 52.9 Å². The molecular formula is C25H10F9IrN2OS-. The molecule has 0 fully saturated rings. The van der Waals surface area contributed by atoms with Crippen LogP contribution in [0.2, 0.25) is 0 Å². The van der Waals surface area contributed by atoms with Gasteiger partial charge in [-0.3, -0.25) is 0 Å². The van der Waals surface area contributed by atoms with Gasteiger partial charge in [0.2, 0.25) is 5.88 Å². The zero-order valence-corrected chi connectivity index (χ0v) is 21.9. The normalized spacial score (nSPS) is 12.5. The van der Waals surface area contributed by atoms with Crippen molar-refractivity contribution < 1.29 is 64.4 Å². The van der Waals surface area contributed by atoms with Crippen LogP contribution >= 0.6 is 11.3 Å². The minimum atomic E-state index is -5.71. The van der Waals surface area contributed by atoms with Crippen LogP contribution in [-0.2, 0) is 38.6 Å². The Morgan fingerprint density at radius 3 is 1.79 bits per heavy atom. The van der Waals surface area contributed by atoms with Gasteiger partial charge < -0.3 is 4.74 Å². The summed E-state index contributed by atoms with van der Waals surface area (Å²) in [6.45, 7) is 0. The minimum absolute atomic E-state index is 0. The molecule has 0 spiro atoms. The SMILES string of the molecule is FC(F)(F)c1cc(C(F)(F)F)c(C(F)(F)F)cc1Oc1nnc(-c2[c-]ccs2)c2cc3ccccc3cc12.[Ir]. The van der Waals surface area contributed by atoms with Crippen LogP contribution < -0.4 is 4.74 Å². The van der Waals surface area contributed by atoms with Crippen LogP contribution in [0.4, 0.5) is 39.5 Å². The van der Waals surface area contributed by atoms with Gasteiger partial charge in [-0.1, -0.05) is 35.2 Å². The second-order valence-electron chi connectivity index (χ2n) is 7.98.